The maximum absolute atomic E-state index is 13.0. The molecule has 0 bridgehead atoms. The Morgan fingerprint density at radius 2 is 1.77 bits per heavy atom. The van der Waals surface area contributed by atoms with Crippen molar-refractivity contribution in [2.24, 2.45) is 5.92 Å². The molecule has 26 heavy (non-hydrogen) atoms. The number of amides is 1. The van der Waals surface area contributed by atoms with Crippen molar-refractivity contribution in [1.82, 2.24) is 9.21 Å². The fraction of sp³-hybridized carbons (Fsp3) is 0.562. The zero-order chi connectivity index (χ0) is 19.7. The van der Waals surface area contributed by atoms with Gasteiger partial charge in [0.05, 0.1) is 15.5 Å². The molecule has 2 rings (SSSR count). The lowest BCUT2D eigenvalue weighted by Gasteiger charge is -2.34. The van der Waals surface area contributed by atoms with Crippen LogP contribution in [0, 0.1) is 5.92 Å². The second-order valence-corrected chi connectivity index (χ2v) is 8.87. The molecule has 1 fully saturated rings. The van der Waals surface area contributed by atoms with Crippen LogP contribution in [-0.2, 0) is 21.0 Å². The predicted octanol–water partition coefficient (Wildman–Crippen LogP) is 3.24. The lowest BCUT2D eigenvalue weighted by atomic mass is 10.1. The van der Waals surface area contributed by atoms with Gasteiger partial charge in [0.1, 0.15) is 0 Å². The number of halogens is 4. The van der Waals surface area contributed by atoms with Crippen LogP contribution in [0.3, 0.4) is 0 Å². The monoisotopic (exact) mass is 412 g/mol. The van der Waals surface area contributed by atoms with E-state index in [-0.39, 0.29) is 38.0 Å². The van der Waals surface area contributed by atoms with Gasteiger partial charge in [-0.15, -0.1) is 0 Å². The Labute approximate surface area is 155 Å². The molecule has 0 saturated carbocycles. The summed E-state index contributed by atoms with van der Waals surface area (Å²) in [5.74, 6) is 0.141. The summed E-state index contributed by atoms with van der Waals surface area (Å²) in [4.78, 5) is 13.2. The van der Waals surface area contributed by atoms with Gasteiger partial charge in [0.15, 0.2) is 0 Å². The number of hydrogen-bond donors (Lipinski definition) is 0. The van der Waals surface area contributed by atoms with Crippen LogP contribution in [0.1, 0.15) is 25.8 Å². The summed E-state index contributed by atoms with van der Waals surface area (Å²) in [5, 5.41) is -0.555. The largest absolute Gasteiger partial charge is 0.417 e. The molecule has 0 spiro atoms. The minimum atomic E-state index is -4.75. The summed E-state index contributed by atoms with van der Waals surface area (Å²) < 4.78 is 65.3. The van der Waals surface area contributed by atoms with Crippen molar-refractivity contribution in [1.29, 1.82) is 0 Å². The molecule has 1 aromatic carbocycles. The van der Waals surface area contributed by atoms with E-state index in [4.69, 9.17) is 11.6 Å². The Bertz CT molecular complexity index is 773. The number of benzene rings is 1. The minimum absolute atomic E-state index is 0.0378. The Hall–Kier alpha value is -1.32. The van der Waals surface area contributed by atoms with Gasteiger partial charge in [-0.05, 0) is 24.1 Å². The summed E-state index contributed by atoms with van der Waals surface area (Å²) >= 11 is 5.54. The fourth-order valence-corrected chi connectivity index (χ4v) is 4.36. The quantitative estimate of drug-likeness (QED) is 0.762. The maximum Gasteiger partial charge on any atom is 0.417 e. The summed E-state index contributed by atoms with van der Waals surface area (Å²) in [7, 11) is -4.10. The average molecular weight is 413 g/mol. The van der Waals surface area contributed by atoms with Gasteiger partial charge in [0.25, 0.3) is 0 Å². The molecular formula is C16H20ClF3N2O3S. The molecular weight excluding hydrogens is 393 g/mol. The van der Waals surface area contributed by atoms with Gasteiger partial charge in [0, 0.05) is 32.6 Å². The molecule has 0 aromatic heterocycles. The van der Waals surface area contributed by atoms with Crippen molar-refractivity contribution >= 4 is 27.5 Å². The number of hydrogen-bond acceptors (Lipinski definition) is 3. The van der Waals surface area contributed by atoms with Crippen LogP contribution >= 0.6 is 11.6 Å². The lowest BCUT2D eigenvalue weighted by molar-refractivity contribution is -0.137. The summed E-state index contributed by atoms with van der Waals surface area (Å²) in [5.41, 5.74) is -1.19. The van der Waals surface area contributed by atoms with Gasteiger partial charge < -0.3 is 4.90 Å². The molecule has 1 amide bonds. The zero-order valence-electron chi connectivity index (χ0n) is 14.4. The van der Waals surface area contributed by atoms with Gasteiger partial charge in [-0.25, -0.2) is 8.42 Å². The van der Waals surface area contributed by atoms with Crippen LogP contribution in [-0.4, -0.2) is 49.7 Å². The van der Waals surface area contributed by atoms with Gasteiger partial charge >= 0.3 is 6.18 Å². The minimum Gasteiger partial charge on any atom is -0.340 e. The molecule has 1 aromatic rings. The number of carbonyl (C=O) groups excluding carboxylic acids is 1. The smallest absolute Gasteiger partial charge is 0.340 e. The molecule has 1 aliphatic rings. The molecule has 0 aliphatic carbocycles. The van der Waals surface area contributed by atoms with E-state index in [1.165, 1.54) is 0 Å². The van der Waals surface area contributed by atoms with E-state index in [2.05, 4.69) is 0 Å². The summed E-state index contributed by atoms with van der Waals surface area (Å²) in [6.07, 6.45) is -4.37. The van der Waals surface area contributed by atoms with Crippen LogP contribution in [0.15, 0.2) is 23.1 Å². The van der Waals surface area contributed by atoms with Crippen LogP contribution in [0.25, 0.3) is 0 Å². The Balaban J connectivity index is 2.16. The number of nitrogens with zero attached hydrogens (tertiary/aromatic N) is 2. The van der Waals surface area contributed by atoms with Crippen LogP contribution in [0.5, 0.6) is 0 Å². The maximum atomic E-state index is 13.0. The standard InChI is InChI=1S/C16H20ClF3N2O3S/c1-11(2)9-15(23)21-5-7-22(8-6-21)26(24,25)12-3-4-14(17)13(10-12)16(18,19)20/h3-4,10-11H,5-9H2,1-2H3. The van der Waals surface area contributed by atoms with E-state index in [0.717, 1.165) is 16.4 Å². The Kier molecular flexibility index (Phi) is 6.24. The topological polar surface area (TPSA) is 57.7 Å². The molecule has 1 aliphatic heterocycles. The number of rotatable bonds is 4. The van der Waals surface area contributed by atoms with Crippen molar-refractivity contribution in [2.75, 3.05) is 26.2 Å². The highest BCUT2D eigenvalue weighted by atomic mass is 35.5. The Morgan fingerprint density at radius 3 is 2.27 bits per heavy atom. The van der Waals surface area contributed by atoms with Crippen molar-refractivity contribution in [3.8, 4) is 0 Å². The molecule has 0 unspecified atom stereocenters. The first-order chi connectivity index (χ1) is 11.9. The number of carbonyl (C=O) groups is 1. The molecule has 1 heterocycles. The van der Waals surface area contributed by atoms with Crippen LogP contribution in [0.2, 0.25) is 5.02 Å². The van der Waals surface area contributed by atoms with Gasteiger partial charge in [-0.2, -0.15) is 17.5 Å². The third-order valence-electron chi connectivity index (χ3n) is 4.06. The summed E-state index contributed by atoms with van der Waals surface area (Å²) in [6, 6.07) is 2.54. The van der Waals surface area contributed by atoms with Crippen LogP contribution in [0.4, 0.5) is 13.2 Å². The Morgan fingerprint density at radius 1 is 1.19 bits per heavy atom. The van der Waals surface area contributed by atoms with Crippen molar-refractivity contribution in [2.45, 2.75) is 31.3 Å². The average Bonchev–Trinajstić information content (AvgIpc) is 2.53. The molecule has 0 radical (unpaired) electrons. The number of piperazine rings is 1. The van der Waals surface area contributed by atoms with Gasteiger partial charge in [0.2, 0.25) is 15.9 Å². The normalized spacial score (nSPS) is 17.0. The van der Waals surface area contributed by atoms with E-state index in [1.807, 2.05) is 13.8 Å². The van der Waals surface area contributed by atoms with E-state index < -0.39 is 31.7 Å². The first-order valence-corrected chi connectivity index (χ1v) is 9.89. The second-order valence-electron chi connectivity index (χ2n) is 6.52. The highest BCUT2D eigenvalue weighted by Gasteiger charge is 2.36. The number of sulfonamides is 1. The van der Waals surface area contributed by atoms with Crippen molar-refractivity contribution in [3.63, 3.8) is 0 Å². The molecule has 0 atom stereocenters. The molecule has 10 heteroatoms. The van der Waals surface area contributed by atoms with E-state index in [9.17, 15) is 26.4 Å². The van der Waals surface area contributed by atoms with E-state index >= 15 is 0 Å². The molecule has 5 nitrogen and oxygen atoms in total. The van der Waals surface area contributed by atoms with Crippen molar-refractivity contribution < 1.29 is 26.4 Å². The van der Waals surface area contributed by atoms with Gasteiger partial charge in [-0.3, -0.25) is 4.79 Å². The second kappa shape index (κ2) is 7.74. The van der Waals surface area contributed by atoms with Crippen molar-refractivity contribution in [3.05, 3.63) is 28.8 Å². The third kappa shape index (κ3) is 4.69. The molecule has 146 valence electrons. The SMILES string of the molecule is CC(C)CC(=O)N1CCN(S(=O)(=O)c2ccc(Cl)c(C(F)(F)F)c2)CC1. The van der Waals surface area contributed by atoms with E-state index in [1.54, 1.807) is 4.90 Å². The first-order valence-electron chi connectivity index (χ1n) is 8.07. The third-order valence-corrected chi connectivity index (χ3v) is 6.28. The highest BCUT2D eigenvalue weighted by molar-refractivity contribution is 7.89. The van der Waals surface area contributed by atoms with E-state index in [0.29, 0.717) is 12.5 Å². The zero-order valence-corrected chi connectivity index (χ0v) is 16.0. The summed E-state index contributed by atoms with van der Waals surface area (Å²) in [6.45, 7) is 4.33. The molecule has 1 saturated heterocycles. The molecule has 0 N–H and O–H groups in total. The predicted molar refractivity (Wildman–Crippen MR) is 91.2 cm³/mol. The lowest BCUT2D eigenvalue weighted by Crippen LogP contribution is -2.50. The highest BCUT2D eigenvalue weighted by Crippen LogP contribution is 2.36. The van der Waals surface area contributed by atoms with Crippen LogP contribution < -0.4 is 0 Å². The number of alkyl halides is 3. The van der Waals surface area contributed by atoms with Gasteiger partial charge in [-0.1, -0.05) is 25.4 Å². The fourth-order valence-electron chi connectivity index (χ4n) is 2.69. The first kappa shape index (κ1) is 21.0.